The number of carbonyl (C=O) groups excluding carboxylic acids is 1. The lowest BCUT2D eigenvalue weighted by atomic mass is 9.86. The molecule has 0 aromatic carbocycles. The molecule has 0 saturated heterocycles. The minimum atomic E-state index is -0.382. The summed E-state index contributed by atoms with van der Waals surface area (Å²) in [6.45, 7) is 5.17. The molecule has 0 aliphatic heterocycles. The second kappa shape index (κ2) is 6.30. The molecule has 0 spiro atoms. The summed E-state index contributed by atoms with van der Waals surface area (Å²) in [6, 6.07) is 0. The Hall–Kier alpha value is -0.220. The lowest BCUT2D eigenvalue weighted by molar-refractivity contribution is -0.139. The van der Waals surface area contributed by atoms with Gasteiger partial charge in [-0.3, -0.25) is 4.79 Å². The zero-order valence-corrected chi connectivity index (χ0v) is 10.5. The van der Waals surface area contributed by atoms with Gasteiger partial charge in [-0.1, -0.05) is 6.92 Å². The first-order valence-corrected chi connectivity index (χ1v) is 6.35. The summed E-state index contributed by atoms with van der Waals surface area (Å²) in [5.74, 6) is 1.14. The maximum absolute atomic E-state index is 12.0. The zero-order chi connectivity index (χ0) is 11.2. The van der Waals surface area contributed by atoms with Gasteiger partial charge in [0.1, 0.15) is 0 Å². The molecule has 0 saturated carbocycles. The van der Waals surface area contributed by atoms with Gasteiger partial charge in [0.25, 0.3) is 0 Å². The number of hydrogen-bond acceptors (Lipinski definition) is 3. The van der Waals surface area contributed by atoms with Crippen molar-refractivity contribution in [2.24, 2.45) is 11.1 Å². The van der Waals surface area contributed by atoms with Gasteiger partial charge < -0.3 is 10.6 Å². The maximum Gasteiger partial charge on any atom is 0.229 e. The minimum absolute atomic E-state index is 0.163. The van der Waals surface area contributed by atoms with E-state index in [9.17, 15) is 4.79 Å². The highest BCUT2D eigenvalue weighted by molar-refractivity contribution is 7.98. The largest absolute Gasteiger partial charge is 0.344 e. The average Bonchev–Trinajstić information content (AvgIpc) is 2.23. The number of thioether (sulfide) groups is 1. The first-order valence-electron chi connectivity index (χ1n) is 4.96. The monoisotopic (exact) mass is 218 g/mol. The van der Waals surface area contributed by atoms with Crippen LogP contribution in [0.25, 0.3) is 0 Å². The van der Waals surface area contributed by atoms with Crippen LogP contribution < -0.4 is 5.73 Å². The number of carbonyl (C=O) groups is 1. The molecular formula is C10H22N2OS. The van der Waals surface area contributed by atoms with E-state index < -0.39 is 0 Å². The van der Waals surface area contributed by atoms with Gasteiger partial charge in [-0.2, -0.15) is 11.8 Å². The van der Waals surface area contributed by atoms with Gasteiger partial charge in [-0.25, -0.2) is 0 Å². The number of rotatable bonds is 6. The first-order chi connectivity index (χ1) is 6.51. The van der Waals surface area contributed by atoms with Crippen LogP contribution in [0.1, 0.15) is 20.3 Å². The van der Waals surface area contributed by atoms with Crippen molar-refractivity contribution >= 4 is 17.7 Å². The quantitative estimate of drug-likeness (QED) is 0.728. The van der Waals surface area contributed by atoms with Gasteiger partial charge >= 0.3 is 0 Å². The average molecular weight is 218 g/mol. The van der Waals surface area contributed by atoms with Gasteiger partial charge in [0.2, 0.25) is 5.91 Å². The minimum Gasteiger partial charge on any atom is -0.344 e. The van der Waals surface area contributed by atoms with Crippen LogP contribution in [0.4, 0.5) is 0 Å². The summed E-state index contributed by atoms with van der Waals surface area (Å²) < 4.78 is 0. The molecule has 0 aliphatic rings. The van der Waals surface area contributed by atoms with Crippen LogP contribution in [0, 0.1) is 5.41 Å². The molecule has 1 unspecified atom stereocenters. The molecule has 0 bridgehead atoms. The Kier molecular flexibility index (Phi) is 6.20. The topological polar surface area (TPSA) is 46.3 Å². The van der Waals surface area contributed by atoms with Crippen molar-refractivity contribution in [2.45, 2.75) is 20.3 Å². The molecule has 0 aromatic rings. The van der Waals surface area contributed by atoms with Crippen LogP contribution in [0.5, 0.6) is 0 Å². The molecule has 4 heteroatoms. The van der Waals surface area contributed by atoms with Crippen LogP contribution >= 0.6 is 11.8 Å². The Morgan fingerprint density at radius 2 is 2.14 bits per heavy atom. The third-order valence-electron chi connectivity index (χ3n) is 2.72. The van der Waals surface area contributed by atoms with Crippen molar-refractivity contribution < 1.29 is 4.79 Å². The van der Waals surface area contributed by atoms with E-state index in [2.05, 4.69) is 0 Å². The Morgan fingerprint density at radius 1 is 1.57 bits per heavy atom. The molecule has 84 valence electrons. The smallest absolute Gasteiger partial charge is 0.229 e. The fraction of sp³-hybridized carbons (Fsp3) is 0.900. The molecule has 1 atom stereocenters. The molecule has 3 nitrogen and oxygen atoms in total. The highest BCUT2D eigenvalue weighted by Gasteiger charge is 2.31. The fourth-order valence-corrected chi connectivity index (χ4v) is 1.63. The number of nitrogens with zero attached hydrogens (tertiary/aromatic N) is 1. The van der Waals surface area contributed by atoms with E-state index >= 15 is 0 Å². The van der Waals surface area contributed by atoms with Crippen molar-refractivity contribution in [3.63, 3.8) is 0 Å². The first kappa shape index (κ1) is 13.8. The normalized spacial score (nSPS) is 14.9. The molecule has 0 aliphatic carbocycles. The molecule has 0 radical (unpaired) electrons. The molecule has 0 aromatic heterocycles. The van der Waals surface area contributed by atoms with E-state index in [0.717, 1.165) is 18.7 Å². The summed E-state index contributed by atoms with van der Waals surface area (Å²) in [5.41, 5.74) is 5.25. The lowest BCUT2D eigenvalue weighted by Gasteiger charge is -2.30. The zero-order valence-electron chi connectivity index (χ0n) is 9.67. The number of hydrogen-bond donors (Lipinski definition) is 1. The highest BCUT2D eigenvalue weighted by Crippen LogP contribution is 2.21. The van der Waals surface area contributed by atoms with Crippen molar-refractivity contribution in [1.29, 1.82) is 0 Å². The Bertz CT molecular complexity index is 181. The Balaban J connectivity index is 4.28. The van der Waals surface area contributed by atoms with E-state index in [1.807, 2.05) is 27.2 Å². The summed E-state index contributed by atoms with van der Waals surface area (Å²) in [4.78, 5) is 13.8. The Labute approximate surface area is 91.4 Å². The SMILES string of the molecule is CCC(C)(CN)C(=O)N(C)CCSC. The molecule has 14 heavy (non-hydrogen) atoms. The summed E-state index contributed by atoms with van der Waals surface area (Å²) >= 11 is 1.75. The van der Waals surface area contributed by atoms with E-state index in [4.69, 9.17) is 5.73 Å². The van der Waals surface area contributed by atoms with Crippen molar-refractivity contribution in [1.82, 2.24) is 4.90 Å². The molecule has 2 N–H and O–H groups in total. The number of amides is 1. The molecule has 1 amide bonds. The molecular weight excluding hydrogens is 196 g/mol. The van der Waals surface area contributed by atoms with Crippen LogP contribution in [-0.4, -0.2) is 43.0 Å². The van der Waals surface area contributed by atoms with Crippen molar-refractivity contribution in [3.05, 3.63) is 0 Å². The second-order valence-corrected chi connectivity index (χ2v) is 4.82. The molecule has 0 rings (SSSR count). The third kappa shape index (κ3) is 3.50. The standard InChI is InChI=1S/C10H22N2OS/c1-5-10(2,8-11)9(13)12(3)6-7-14-4/h5-8,11H2,1-4H3. The fourth-order valence-electron chi connectivity index (χ4n) is 1.17. The van der Waals surface area contributed by atoms with Gasteiger partial charge in [0, 0.05) is 25.9 Å². The second-order valence-electron chi connectivity index (χ2n) is 3.84. The summed E-state index contributed by atoms with van der Waals surface area (Å²) in [7, 11) is 1.85. The van der Waals surface area contributed by atoms with E-state index in [1.165, 1.54) is 0 Å². The van der Waals surface area contributed by atoms with Gasteiger partial charge in [0.15, 0.2) is 0 Å². The third-order valence-corrected chi connectivity index (χ3v) is 3.32. The lowest BCUT2D eigenvalue weighted by Crippen LogP contribution is -2.45. The van der Waals surface area contributed by atoms with E-state index in [1.54, 1.807) is 16.7 Å². The van der Waals surface area contributed by atoms with Crippen LogP contribution in [0.3, 0.4) is 0 Å². The van der Waals surface area contributed by atoms with Crippen molar-refractivity contribution in [2.75, 3.05) is 32.1 Å². The predicted octanol–water partition coefficient (Wildman–Crippen LogP) is 1.18. The number of nitrogens with two attached hydrogens (primary N) is 1. The molecule has 0 fully saturated rings. The van der Waals surface area contributed by atoms with Crippen LogP contribution in [-0.2, 0) is 4.79 Å². The summed E-state index contributed by atoms with van der Waals surface area (Å²) in [5, 5.41) is 0. The Morgan fingerprint density at radius 3 is 2.50 bits per heavy atom. The van der Waals surface area contributed by atoms with Gasteiger partial charge in [-0.05, 0) is 19.6 Å². The molecule has 0 heterocycles. The van der Waals surface area contributed by atoms with E-state index in [0.29, 0.717) is 6.54 Å². The maximum atomic E-state index is 12.0. The van der Waals surface area contributed by atoms with Crippen molar-refractivity contribution in [3.8, 4) is 0 Å². The van der Waals surface area contributed by atoms with Gasteiger partial charge in [-0.15, -0.1) is 0 Å². The van der Waals surface area contributed by atoms with Gasteiger partial charge in [0.05, 0.1) is 5.41 Å². The van der Waals surface area contributed by atoms with Crippen LogP contribution in [0.2, 0.25) is 0 Å². The summed E-state index contributed by atoms with van der Waals surface area (Å²) in [6.07, 6.45) is 2.84. The highest BCUT2D eigenvalue weighted by atomic mass is 32.2. The van der Waals surface area contributed by atoms with E-state index in [-0.39, 0.29) is 11.3 Å². The van der Waals surface area contributed by atoms with Crippen LogP contribution in [0.15, 0.2) is 0 Å². The predicted molar refractivity (Wildman–Crippen MR) is 63.5 cm³/mol.